The smallest absolute Gasteiger partial charge is 0.335 e. The van der Waals surface area contributed by atoms with Gasteiger partial charge in [-0.2, -0.15) is 0 Å². The molecule has 1 aromatic heterocycles. The minimum atomic E-state index is -1.31. The van der Waals surface area contributed by atoms with E-state index in [1.807, 2.05) is 0 Å². The van der Waals surface area contributed by atoms with Crippen molar-refractivity contribution in [2.24, 2.45) is 0 Å². The summed E-state index contributed by atoms with van der Waals surface area (Å²) in [5.41, 5.74) is -0.430. The maximum atomic E-state index is 13.4. The van der Waals surface area contributed by atoms with Crippen LogP contribution in [-0.2, 0) is 15.1 Å². The van der Waals surface area contributed by atoms with Crippen molar-refractivity contribution >= 4 is 23.3 Å². The third-order valence-corrected chi connectivity index (χ3v) is 3.46. The maximum absolute atomic E-state index is 13.4. The van der Waals surface area contributed by atoms with Gasteiger partial charge in [0.15, 0.2) is 5.54 Å². The zero-order chi connectivity index (χ0) is 15.5. The van der Waals surface area contributed by atoms with Crippen LogP contribution < -0.4 is 5.32 Å². The number of benzene rings is 1. The molecule has 0 bridgehead atoms. The first-order valence-corrected chi connectivity index (χ1v) is 6.57. The van der Waals surface area contributed by atoms with Gasteiger partial charge in [0.2, 0.25) is 0 Å². The van der Waals surface area contributed by atoms with Gasteiger partial charge in [-0.05, 0) is 25.1 Å². The Morgan fingerprint density at radius 3 is 2.71 bits per heavy atom. The van der Waals surface area contributed by atoms with Crippen molar-refractivity contribution in [1.29, 1.82) is 0 Å². The number of nitrogens with zero attached hydrogens (tertiary/aromatic N) is 1. The van der Waals surface area contributed by atoms with Crippen molar-refractivity contribution < 1.29 is 13.9 Å². The van der Waals surface area contributed by atoms with Crippen LogP contribution >= 0.6 is 11.6 Å². The first-order valence-electron chi connectivity index (χ1n) is 6.19. The molecule has 2 rings (SSSR count). The van der Waals surface area contributed by atoms with Crippen LogP contribution in [-0.4, -0.2) is 18.1 Å². The number of aromatic nitrogens is 1. The number of ether oxygens (including phenoxy) is 1. The Morgan fingerprint density at radius 1 is 1.38 bits per heavy atom. The van der Waals surface area contributed by atoms with Gasteiger partial charge in [0.05, 0.1) is 24.0 Å². The summed E-state index contributed by atoms with van der Waals surface area (Å²) in [4.78, 5) is 16.0. The number of anilines is 1. The van der Waals surface area contributed by atoms with E-state index < -0.39 is 17.3 Å². The van der Waals surface area contributed by atoms with E-state index in [1.54, 1.807) is 31.2 Å². The molecule has 0 aliphatic rings. The lowest BCUT2D eigenvalue weighted by atomic mass is 9.93. The van der Waals surface area contributed by atoms with Crippen molar-refractivity contribution in [1.82, 2.24) is 4.98 Å². The molecule has 2 aromatic rings. The van der Waals surface area contributed by atoms with Crippen molar-refractivity contribution in [3.63, 3.8) is 0 Å². The first-order chi connectivity index (χ1) is 9.97. The number of pyridine rings is 1. The molecule has 6 heteroatoms. The van der Waals surface area contributed by atoms with Crippen LogP contribution in [0.5, 0.6) is 0 Å². The fourth-order valence-corrected chi connectivity index (χ4v) is 2.15. The Morgan fingerprint density at radius 2 is 2.10 bits per heavy atom. The zero-order valence-electron chi connectivity index (χ0n) is 11.6. The van der Waals surface area contributed by atoms with Crippen molar-refractivity contribution in [3.05, 3.63) is 59.1 Å². The van der Waals surface area contributed by atoms with Gasteiger partial charge in [0.1, 0.15) is 5.82 Å². The Labute approximate surface area is 126 Å². The molecule has 1 aromatic carbocycles. The fourth-order valence-electron chi connectivity index (χ4n) is 1.96. The highest BCUT2D eigenvalue weighted by molar-refractivity contribution is 6.33. The van der Waals surface area contributed by atoms with E-state index in [-0.39, 0.29) is 0 Å². The molecule has 0 saturated carbocycles. The average molecular weight is 309 g/mol. The zero-order valence-corrected chi connectivity index (χ0v) is 12.3. The van der Waals surface area contributed by atoms with Crippen LogP contribution in [0.15, 0.2) is 42.7 Å². The first kappa shape index (κ1) is 15.3. The molecule has 0 amide bonds. The summed E-state index contributed by atoms with van der Waals surface area (Å²) < 4.78 is 18.2. The Hall–Kier alpha value is -2.14. The van der Waals surface area contributed by atoms with Crippen LogP contribution in [0.25, 0.3) is 0 Å². The average Bonchev–Trinajstić information content (AvgIpc) is 2.48. The van der Waals surface area contributed by atoms with E-state index in [0.717, 1.165) is 6.20 Å². The molecule has 21 heavy (non-hydrogen) atoms. The molecule has 0 spiro atoms. The number of hydrogen-bond donors (Lipinski definition) is 1. The molecule has 1 heterocycles. The third-order valence-electron chi connectivity index (χ3n) is 3.13. The Kier molecular flexibility index (Phi) is 4.43. The number of carbonyl (C=O) groups is 1. The van der Waals surface area contributed by atoms with Gasteiger partial charge in [0, 0.05) is 11.8 Å². The van der Waals surface area contributed by atoms with Gasteiger partial charge in [-0.15, -0.1) is 0 Å². The van der Waals surface area contributed by atoms with Gasteiger partial charge < -0.3 is 10.1 Å². The molecule has 0 fully saturated rings. The highest BCUT2D eigenvalue weighted by atomic mass is 35.5. The van der Waals surface area contributed by atoms with Crippen molar-refractivity contribution in [3.8, 4) is 0 Å². The second-order valence-electron chi connectivity index (χ2n) is 4.61. The van der Waals surface area contributed by atoms with Gasteiger partial charge in [0.25, 0.3) is 0 Å². The molecule has 4 nitrogen and oxygen atoms in total. The van der Waals surface area contributed by atoms with Crippen molar-refractivity contribution in [2.75, 3.05) is 12.4 Å². The van der Waals surface area contributed by atoms with Gasteiger partial charge >= 0.3 is 5.97 Å². The van der Waals surface area contributed by atoms with Gasteiger partial charge in [-0.1, -0.05) is 23.7 Å². The largest absolute Gasteiger partial charge is 0.467 e. The Balaban J connectivity index is 2.48. The summed E-state index contributed by atoms with van der Waals surface area (Å²) in [6.07, 6.45) is 2.47. The number of halogens is 2. The van der Waals surface area contributed by atoms with Gasteiger partial charge in [-0.25, -0.2) is 9.18 Å². The summed E-state index contributed by atoms with van der Waals surface area (Å²) in [6.45, 7) is 1.58. The van der Waals surface area contributed by atoms with E-state index in [9.17, 15) is 9.18 Å². The minimum Gasteiger partial charge on any atom is -0.467 e. The topological polar surface area (TPSA) is 51.2 Å². The highest BCUT2D eigenvalue weighted by Crippen LogP contribution is 2.31. The molecular weight excluding hydrogens is 295 g/mol. The van der Waals surface area contributed by atoms with Crippen LogP contribution in [0.3, 0.4) is 0 Å². The number of rotatable bonds is 4. The lowest BCUT2D eigenvalue weighted by Crippen LogP contribution is -2.41. The number of para-hydroxylation sites is 1. The maximum Gasteiger partial charge on any atom is 0.335 e. The minimum absolute atomic E-state index is 0.342. The lowest BCUT2D eigenvalue weighted by molar-refractivity contribution is -0.145. The second kappa shape index (κ2) is 6.10. The normalized spacial score (nSPS) is 13.3. The summed E-state index contributed by atoms with van der Waals surface area (Å²) in [6, 6.07) is 8.18. The van der Waals surface area contributed by atoms with Gasteiger partial charge in [-0.3, -0.25) is 4.98 Å². The molecular formula is C15H14ClFN2O2. The second-order valence-corrected chi connectivity index (χ2v) is 5.02. The molecule has 110 valence electrons. The summed E-state index contributed by atoms with van der Waals surface area (Å²) >= 11 is 6.09. The molecule has 0 saturated heterocycles. The summed E-state index contributed by atoms with van der Waals surface area (Å²) in [7, 11) is 1.27. The van der Waals surface area contributed by atoms with Crippen molar-refractivity contribution in [2.45, 2.75) is 12.5 Å². The molecule has 0 aliphatic carbocycles. The predicted molar refractivity (Wildman–Crippen MR) is 78.6 cm³/mol. The third kappa shape index (κ3) is 3.13. The van der Waals surface area contributed by atoms with Crippen LogP contribution in [0.4, 0.5) is 10.1 Å². The number of nitrogens with one attached hydrogen (secondary N) is 1. The van der Waals surface area contributed by atoms with E-state index in [2.05, 4.69) is 10.3 Å². The highest BCUT2D eigenvalue weighted by Gasteiger charge is 2.37. The number of hydrogen-bond acceptors (Lipinski definition) is 4. The standard InChI is InChI=1S/C15H14ClFN2O2/c1-15(14(20)21-2,10-7-11(17)9-18-8-10)19-13-6-4-3-5-12(13)16/h3-9,19H,1-2H3. The van der Waals surface area contributed by atoms with Crippen LogP contribution in [0.2, 0.25) is 5.02 Å². The predicted octanol–water partition coefficient (Wildman–Crippen LogP) is 3.37. The monoisotopic (exact) mass is 308 g/mol. The quantitative estimate of drug-likeness (QED) is 0.880. The molecule has 1 N–H and O–H groups in total. The van der Waals surface area contributed by atoms with Crippen LogP contribution in [0.1, 0.15) is 12.5 Å². The number of methoxy groups -OCH3 is 1. The fraction of sp³-hybridized carbons (Fsp3) is 0.200. The molecule has 0 radical (unpaired) electrons. The van der Waals surface area contributed by atoms with E-state index >= 15 is 0 Å². The molecule has 1 unspecified atom stereocenters. The van der Waals surface area contributed by atoms with E-state index in [1.165, 1.54) is 19.4 Å². The molecule has 0 aliphatic heterocycles. The SMILES string of the molecule is COC(=O)C(C)(Nc1ccccc1Cl)c1cncc(F)c1. The lowest BCUT2D eigenvalue weighted by Gasteiger charge is -2.29. The summed E-state index contributed by atoms with van der Waals surface area (Å²) in [5.74, 6) is -1.11. The molecule has 1 atom stereocenters. The van der Waals surface area contributed by atoms with Crippen LogP contribution in [0, 0.1) is 5.82 Å². The van der Waals surface area contributed by atoms with E-state index in [4.69, 9.17) is 16.3 Å². The Bertz CT molecular complexity index is 666. The number of esters is 1. The van der Waals surface area contributed by atoms with E-state index in [0.29, 0.717) is 16.3 Å². The summed E-state index contributed by atoms with van der Waals surface area (Å²) in [5, 5.41) is 3.45. The number of carbonyl (C=O) groups excluding carboxylic acids is 1.